The average molecular weight is 142 g/mol. The lowest BCUT2D eigenvalue weighted by Crippen LogP contribution is -1.96. The van der Waals surface area contributed by atoms with Gasteiger partial charge < -0.3 is 4.42 Å². The number of Topliss-reactive ketones (excluding diaryl/α,β-unsaturated/α-hetero) is 1. The van der Waals surface area contributed by atoms with Gasteiger partial charge in [0.05, 0.1) is 6.42 Å². The van der Waals surface area contributed by atoms with Crippen LogP contribution >= 0.6 is 0 Å². The first kappa shape index (κ1) is 6.73. The van der Waals surface area contributed by atoms with Gasteiger partial charge in [-0.1, -0.05) is 0 Å². The van der Waals surface area contributed by atoms with E-state index in [1.165, 1.54) is 6.92 Å². The van der Waals surface area contributed by atoms with Crippen molar-refractivity contribution >= 4 is 5.78 Å². The van der Waals surface area contributed by atoms with Crippen molar-refractivity contribution in [1.29, 1.82) is 0 Å². The van der Waals surface area contributed by atoms with E-state index in [2.05, 4.69) is 9.52 Å². The second kappa shape index (κ2) is 2.47. The number of carbonyl (C=O) groups excluding carboxylic acids is 1. The van der Waals surface area contributed by atoms with Crippen molar-refractivity contribution < 1.29 is 9.21 Å². The van der Waals surface area contributed by atoms with Gasteiger partial charge in [0.25, 0.3) is 0 Å². The van der Waals surface area contributed by atoms with Crippen molar-refractivity contribution in [3.63, 3.8) is 0 Å². The van der Waals surface area contributed by atoms with E-state index >= 15 is 0 Å². The molecule has 0 amide bonds. The largest absolute Gasteiger partial charge is 0.434 e. The lowest BCUT2D eigenvalue weighted by atomic mass is 10.3. The molecule has 0 atom stereocenters. The molecule has 1 aromatic rings. The average Bonchev–Trinajstić information content (AvgIpc) is 2.13. The highest BCUT2D eigenvalue weighted by atomic mass is 16.4. The van der Waals surface area contributed by atoms with Crippen LogP contribution in [0.15, 0.2) is 9.21 Å². The van der Waals surface area contributed by atoms with Crippen molar-refractivity contribution in [2.24, 2.45) is 0 Å². The molecule has 5 nitrogen and oxygen atoms in total. The molecule has 0 aliphatic rings. The Morgan fingerprint density at radius 3 is 2.90 bits per heavy atom. The SMILES string of the molecule is CC(=O)Cc1n[nH]c(=O)o1. The number of nitrogens with one attached hydrogen (secondary N) is 1. The van der Waals surface area contributed by atoms with Crippen molar-refractivity contribution in [2.75, 3.05) is 0 Å². The third-order valence-corrected chi connectivity index (χ3v) is 0.883. The maximum Gasteiger partial charge on any atom is 0.434 e. The zero-order valence-electron chi connectivity index (χ0n) is 5.38. The Labute approximate surface area is 56.1 Å². The number of aromatic amines is 1. The van der Waals surface area contributed by atoms with Gasteiger partial charge in [0, 0.05) is 0 Å². The molecule has 1 N–H and O–H groups in total. The summed E-state index contributed by atoms with van der Waals surface area (Å²) >= 11 is 0. The monoisotopic (exact) mass is 142 g/mol. The van der Waals surface area contributed by atoms with Crippen LogP contribution in [0.4, 0.5) is 0 Å². The molecule has 1 aromatic heterocycles. The first-order valence-electron chi connectivity index (χ1n) is 2.72. The summed E-state index contributed by atoms with van der Waals surface area (Å²) in [6, 6.07) is 0. The van der Waals surface area contributed by atoms with Gasteiger partial charge in [0.15, 0.2) is 0 Å². The third-order valence-electron chi connectivity index (χ3n) is 0.883. The van der Waals surface area contributed by atoms with E-state index in [0.29, 0.717) is 0 Å². The highest BCUT2D eigenvalue weighted by molar-refractivity contribution is 5.77. The van der Waals surface area contributed by atoms with Crippen LogP contribution < -0.4 is 5.76 Å². The van der Waals surface area contributed by atoms with E-state index in [1.54, 1.807) is 0 Å². The third kappa shape index (κ3) is 1.54. The highest BCUT2D eigenvalue weighted by Gasteiger charge is 2.02. The van der Waals surface area contributed by atoms with Crippen molar-refractivity contribution in [1.82, 2.24) is 10.2 Å². The Kier molecular flexibility index (Phi) is 1.66. The minimum absolute atomic E-state index is 0.0682. The zero-order chi connectivity index (χ0) is 7.56. The van der Waals surface area contributed by atoms with Crippen LogP contribution in [0.5, 0.6) is 0 Å². The normalized spacial score (nSPS) is 9.70. The molecule has 0 fully saturated rings. The minimum atomic E-state index is -0.628. The fourth-order valence-electron chi connectivity index (χ4n) is 0.549. The molecule has 1 rings (SSSR count). The molecule has 0 radical (unpaired) electrons. The summed E-state index contributed by atoms with van der Waals surface area (Å²) in [4.78, 5) is 20.7. The van der Waals surface area contributed by atoms with Gasteiger partial charge in [-0.15, -0.1) is 5.10 Å². The summed E-state index contributed by atoms with van der Waals surface area (Å²) < 4.78 is 4.45. The van der Waals surface area contributed by atoms with Crippen molar-refractivity contribution in [2.45, 2.75) is 13.3 Å². The van der Waals surface area contributed by atoms with Crippen LogP contribution in [0.25, 0.3) is 0 Å². The minimum Gasteiger partial charge on any atom is -0.392 e. The summed E-state index contributed by atoms with van der Waals surface area (Å²) in [6.45, 7) is 1.40. The Morgan fingerprint density at radius 1 is 1.80 bits per heavy atom. The first-order chi connectivity index (χ1) is 4.68. The fourth-order valence-corrected chi connectivity index (χ4v) is 0.549. The maximum absolute atomic E-state index is 10.4. The van der Waals surface area contributed by atoms with Crippen LogP contribution in [0.2, 0.25) is 0 Å². The van der Waals surface area contributed by atoms with E-state index in [-0.39, 0.29) is 18.1 Å². The summed E-state index contributed by atoms with van der Waals surface area (Å²) in [6.07, 6.45) is 0.0682. The molecule has 0 saturated heterocycles. The summed E-state index contributed by atoms with van der Waals surface area (Å²) in [5, 5.41) is 5.48. The van der Waals surface area contributed by atoms with E-state index in [1.807, 2.05) is 5.10 Å². The molecular formula is C5H6N2O3. The van der Waals surface area contributed by atoms with Gasteiger partial charge in [-0.3, -0.25) is 4.79 Å². The van der Waals surface area contributed by atoms with Crippen LogP contribution in [0.1, 0.15) is 12.8 Å². The van der Waals surface area contributed by atoms with Crippen LogP contribution in [0, 0.1) is 0 Å². The number of carbonyl (C=O) groups is 1. The van der Waals surface area contributed by atoms with Gasteiger partial charge in [0.1, 0.15) is 5.78 Å². The second-order valence-electron chi connectivity index (χ2n) is 1.89. The van der Waals surface area contributed by atoms with Crippen LogP contribution in [0.3, 0.4) is 0 Å². The fraction of sp³-hybridized carbons (Fsp3) is 0.400. The molecule has 54 valence electrons. The number of hydrogen-bond acceptors (Lipinski definition) is 4. The van der Waals surface area contributed by atoms with Gasteiger partial charge in [-0.05, 0) is 6.92 Å². The van der Waals surface area contributed by atoms with Gasteiger partial charge in [-0.25, -0.2) is 9.89 Å². The molecule has 0 spiro atoms. The zero-order valence-corrected chi connectivity index (χ0v) is 5.38. The number of rotatable bonds is 2. The van der Waals surface area contributed by atoms with Crippen LogP contribution in [-0.2, 0) is 11.2 Å². The van der Waals surface area contributed by atoms with Crippen molar-refractivity contribution in [3.8, 4) is 0 Å². The molecule has 5 heteroatoms. The predicted octanol–water partition coefficient (Wildman–Crippen LogP) is -0.506. The topological polar surface area (TPSA) is 76.0 Å². The molecular weight excluding hydrogens is 136 g/mol. The lowest BCUT2D eigenvalue weighted by Gasteiger charge is -1.82. The lowest BCUT2D eigenvalue weighted by molar-refractivity contribution is -0.116. The summed E-state index contributed by atoms with van der Waals surface area (Å²) in [7, 11) is 0. The summed E-state index contributed by atoms with van der Waals surface area (Å²) in [5.41, 5.74) is 0. The quantitative estimate of drug-likeness (QED) is 0.603. The number of ketones is 1. The molecule has 0 aromatic carbocycles. The Bertz CT molecular complexity index is 285. The Hall–Kier alpha value is -1.39. The first-order valence-corrected chi connectivity index (χ1v) is 2.72. The standard InChI is InChI=1S/C5H6N2O3/c1-3(8)2-4-6-7-5(9)10-4/h2H2,1H3,(H,7,9). The van der Waals surface area contributed by atoms with E-state index in [4.69, 9.17) is 0 Å². The highest BCUT2D eigenvalue weighted by Crippen LogP contribution is 1.88. The maximum atomic E-state index is 10.4. The molecule has 10 heavy (non-hydrogen) atoms. The summed E-state index contributed by atoms with van der Waals surface area (Å²) in [5.74, 6) is -0.580. The smallest absolute Gasteiger partial charge is 0.392 e. The molecule has 0 aliphatic carbocycles. The van der Waals surface area contributed by atoms with E-state index in [9.17, 15) is 9.59 Å². The Morgan fingerprint density at radius 2 is 2.50 bits per heavy atom. The Balaban J connectivity index is 2.76. The molecule has 0 bridgehead atoms. The molecule has 1 heterocycles. The second-order valence-corrected chi connectivity index (χ2v) is 1.89. The predicted molar refractivity (Wildman–Crippen MR) is 31.5 cm³/mol. The molecule has 0 unspecified atom stereocenters. The van der Waals surface area contributed by atoms with Gasteiger partial charge in [-0.2, -0.15) is 0 Å². The van der Waals surface area contributed by atoms with E-state index < -0.39 is 5.76 Å². The molecule has 0 saturated carbocycles. The van der Waals surface area contributed by atoms with Crippen molar-refractivity contribution in [3.05, 3.63) is 16.4 Å². The van der Waals surface area contributed by atoms with Crippen LogP contribution in [-0.4, -0.2) is 16.0 Å². The molecule has 0 aliphatic heterocycles. The number of H-pyrrole nitrogens is 1. The number of nitrogens with zero attached hydrogens (tertiary/aromatic N) is 1. The van der Waals surface area contributed by atoms with E-state index in [0.717, 1.165) is 0 Å². The number of aromatic nitrogens is 2. The number of hydrogen-bond donors (Lipinski definition) is 1. The van der Waals surface area contributed by atoms with Gasteiger partial charge in [0.2, 0.25) is 5.89 Å². The van der Waals surface area contributed by atoms with Gasteiger partial charge >= 0.3 is 5.76 Å².